The molecule has 1 aliphatic rings. The number of amides is 1. The van der Waals surface area contributed by atoms with Gasteiger partial charge < -0.3 is 10.2 Å². The number of pyridine rings is 1. The van der Waals surface area contributed by atoms with Crippen molar-refractivity contribution in [3.63, 3.8) is 0 Å². The molecule has 3 rings (SSSR count). The lowest BCUT2D eigenvalue weighted by Crippen LogP contribution is -2.40. The van der Waals surface area contributed by atoms with E-state index >= 15 is 0 Å². The standard InChI is InChI=1S/C19H27N5O/c1-15-10-16(2)13-23(12-15)8-3-5-22-19(25)17-4-6-21-18(11-17)24-9-7-20-14-24/h4,6-7,9,11,14-16H,3,5,8,10,12-13H2,1-2H3,(H,22,25)/t15-,16-/m0/s1. The number of hydrogen-bond donors (Lipinski definition) is 1. The highest BCUT2D eigenvalue weighted by atomic mass is 16.1. The van der Waals surface area contributed by atoms with Crippen LogP contribution >= 0.6 is 0 Å². The van der Waals surface area contributed by atoms with E-state index in [1.54, 1.807) is 35.4 Å². The minimum Gasteiger partial charge on any atom is -0.352 e. The zero-order valence-corrected chi connectivity index (χ0v) is 15.1. The predicted octanol–water partition coefficient (Wildman–Crippen LogP) is 2.37. The molecule has 2 aromatic heterocycles. The van der Waals surface area contributed by atoms with E-state index < -0.39 is 0 Å². The Morgan fingerprint density at radius 1 is 1.28 bits per heavy atom. The quantitative estimate of drug-likeness (QED) is 0.820. The average Bonchev–Trinajstić information content (AvgIpc) is 3.12. The molecule has 1 saturated heterocycles. The number of likely N-dealkylation sites (tertiary alicyclic amines) is 1. The van der Waals surface area contributed by atoms with Crippen molar-refractivity contribution in [2.75, 3.05) is 26.2 Å². The number of nitrogens with one attached hydrogen (secondary N) is 1. The summed E-state index contributed by atoms with van der Waals surface area (Å²) in [7, 11) is 0. The summed E-state index contributed by atoms with van der Waals surface area (Å²) in [4.78, 5) is 23.1. The summed E-state index contributed by atoms with van der Waals surface area (Å²) < 4.78 is 1.79. The topological polar surface area (TPSA) is 63.1 Å². The first-order chi connectivity index (χ1) is 12.1. The van der Waals surface area contributed by atoms with Gasteiger partial charge in [0.2, 0.25) is 0 Å². The van der Waals surface area contributed by atoms with Crippen molar-refractivity contribution in [1.29, 1.82) is 0 Å². The number of carbonyl (C=O) groups is 1. The van der Waals surface area contributed by atoms with E-state index in [0.29, 0.717) is 17.9 Å². The Morgan fingerprint density at radius 2 is 2.08 bits per heavy atom. The van der Waals surface area contributed by atoms with Gasteiger partial charge in [0.15, 0.2) is 0 Å². The fourth-order valence-electron chi connectivity index (χ4n) is 3.68. The highest BCUT2D eigenvalue weighted by Gasteiger charge is 2.21. The smallest absolute Gasteiger partial charge is 0.251 e. The van der Waals surface area contributed by atoms with Crippen molar-refractivity contribution in [2.24, 2.45) is 11.8 Å². The van der Waals surface area contributed by atoms with Gasteiger partial charge in [0.25, 0.3) is 5.91 Å². The fourth-order valence-corrected chi connectivity index (χ4v) is 3.68. The van der Waals surface area contributed by atoms with Crippen LogP contribution in [0.4, 0.5) is 0 Å². The van der Waals surface area contributed by atoms with E-state index in [1.807, 2.05) is 6.20 Å². The molecule has 1 amide bonds. The second-order valence-corrected chi connectivity index (χ2v) is 7.19. The first kappa shape index (κ1) is 17.6. The number of hydrogen-bond acceptors (Lipinski definition) is 4. The van der Waals surface area contributed by atoms with E-state index in [4.69, 9.17) is 0 Å². The molecule has 0 saturated carbocycles. The Balaban J connectivity index is 1.46. The number of rotatable bonds is 6. The van der Waals surface area contributed by atoms with E-state index in [-0.39, 0.29) is 5.91 Å². The summed E-state index contributed by atoms with van der Waals surface area (Å²) in [5, 5.41) is 3.02. The molecular weight excluding hydrogens is 314 g/mol. The van der Waals surface area contributed by atoms with Gasteiger partial charge in [-0.15, -0.1) is 0 Å². The van der Waals surface area contributed by atoms with E-state index in [1.165, 1.54) is 19.5 Å². The monoisotopic (exact) mass is 341 g/mol. The molecule has 0 bridgehead atoms. The summed E-state index contributed by atoms with van der Waals surface area (Å²) in [5.74, 6) is 2.19. The Morgan fingerprint density at radius 3 is 2.80 bits per heavy atom. The lowest BCUT2D eigenvalue weighted by molar-refractivity contribution is 0.0947. The Bertz CT molecular complexity index is 675. The number of piperidine rings is 1. The number of aromatic nitrogens is 3. The molecule has 2 atom stereocenters. The second-order valence-electron chi connectivity index (χ2n) is 7.19. The van der Waals surface area contributed by atoms with Gasteiger partial charge in [-0.05, 0) is 43.4 Å². The maximum Gasteiger partial charge on any atom is 0.251 e. The van der Waals surface area contributed by atoms with E-state index in [0.717, 1.165) is 24.8 Å². The van der Waals surface area contributed by atoms with Crippen molar-refractivity contribution in [3.8, 4) is 5.82 Å². The molecule has 1 N–H and O–H groups in total. The number of carbonyl (C=O) groups excluding carboxylic acids is 1. The molecule has 6 nitrogen and oxygen atoms in total. The van der Waals surface area contributed by atoms with E-state index in [9.17, 15) is 4.79 Å². The van der Waals surface area contributed by atoms with E-state index in [2.05, 4.69) is 34.0 Å². The highest BCUT2D eigenvalue weighted by molar-refractivity contribution is 5.94. The van der Waals surface area contributed by atoms with Crippen molar-refractivity contribution in [2.45, 2.75) is 26.7 Å². The van der Waals surface area contributed by atoms with Crippen LogP contribution in [-0.4, -0.2) is 51.5 Å². The van der Waals surface area contributed by atoms with Crippen molar-refractivity contribution < 1.29 is 4.79 Å². The van der Waals surface area contributed by atoms with Crippen LogP contribution < -0.4 is 5.32 Å². The molecule has 2 aromatic rings. The Kier molecular flexibility index (Phi) is 5.81. The molecule has 0 aromatic carbocycles. The first-order valence-corrected chi connectivity index (χ1v) is 9.06. The molecule has 25 heavy (non-hydrogen) atoms. The van der Waals surface area contributed by atoms with Crippen LogP contribution in [0.15, 0.2) is 37.1 Å². The van der Waals surface area contributed by atoms with Crippen molar-refractivity contribution in [3.05, 3.63) is 42.6 Å². The summed E-state index contributed by atoms with van der Waals surface area (Å²) >= 11 is 0. The maximum atomic E-state index is 12.3. The van der Waals surface area contributed by atoms with Crippen LogP contribution in [0.25, 0.3) is 5.82 Å². The molecule has 0 radical (unpaired) electrons. The molecule has 0 aliphatic carbocycles. The maximum absolute atomic E-state index is 12.3. The minimum absolute atomic E-state index is 0.0517. The highest BCUT2D eigenvalue weighted by Crippen LogP contribution is 2.20. The molecule has 134 valence electrons. The van der Waals surface area contributed by atoms with Crippen LogP contribution in [0.3, 0.4) is 0 Å². The molecule has 0 spiro atoms. The lowest BCUT2D eigenvalue weighted by Gasteiger charge is -2.34. The lowest BCUT2D eigenvalue weighted by atomic mass is 9.92. The largest absolute Gasteiger partial charge is 0.352 e. The molecule has 3 heterocycles. The van der Waals surface area contributed by atoms with Gasteiger partial charge in [0, 0.05) is 43.8 Å². The van der Waals surface area contributed by atoms with Gasteiger partial charge in [0.1, 0.15) is 12.1 Å². The van der Waals surface area contributed by atoms with Gasteiger partial charge in [-0.25, -0.2) is 9.97 Å². The van der Waals surface area contributed by atoms with Gasteiger partial charge in [0.05, 0.1) is 0 Å². The third-order valence-electron chi connectivity index (χ3n) is 4.66. The first-order valence-electron chi connectivity index (χ1n) is 9.06. The van der Waals surface area contributed by atoms with Gasteiger partial charge >= 0.3 is 0 Å². The number of nitrogens with zero attached hydrogens (tertiary/aromatic N) is 4. The van der Waals surface area contributed by atoms with Gasteiger partial charge in [-0.2, -0.15) is 0 Å². The van der Waals surface area contributed by atoms with Gasteiger partial charge in [-0.1, -0.05) is 13.8 Å². The number of imidazole rings is 1. The van der Waals surface area contributed by atoms with Gasteiger partial charge in [-0.3, -0.25) is 9.36 Å². The zero-order chi connectivity index (χ0) is 17.6. The summed E-state index contributed by atoms with van der Waals surface area (Å²) in [6.45, 7) is 8.75. The summed E-state index contributed by atoms with van der Waals surface area (Å²) in [6, 6.07) is 3.52. The normalized spacial score (nSPS) is 21.2. The summed E-state index contributed by atoms with van der Waals surface area (Å²) in [6.07, 6.45) is 9.13. The van der Waals surface area contributed by atoms with Crippen molar-refractivity contribution >= 4 is 5.91 Å². The SMILES string of the molecule is C[C@H]1C[C@H](C)CN(CCCNC(=O)c2ccnc(-n3ccnc3)c2)C1. The Hall–Kier alpha value is -2.21. The fraction of sp³-hybridized carbons (Fsp3) is 0.526. The minimum atomic E-state index is -0.0517. The Labute approximate surface area is 149 Å². The van der Waals surface area contributed by atoms with Crippen LogP contribution in [0.5, 0.6) is 0 Å². The van der Waals surface area contributed by atoms with Crippen LogP contribution in [0.2, 0.25) is 0 Å². The van der Waals surface area contributed by atoms with Crippen LogP contribution in [0.1, 0.15) is 37.0 Å². The summed E-state index contributed by atoms with van der Waals surface area (Å²) in [5.41, 5.74) is 0.624. The van der Waals surface area contributed by atoms with Crippen LogP contribution in [-0.2, 0) is 0 Å². The van der Waals surface area contributed by atoms with Crippen molar-refractivity contribution in [1.82, 2.24) is 24.8 Å². The zero-order valence-electron chi connectivity index (χ0n) is 15.1. The third kappa shape index (κ3) is 4.89. The third-order valence-corrected chi connectivity index (χ3v) is 4.66. The second kappa shape index (κ2) is 8.25. The molecule has 1 fully saturated rings. The predicted molar refractivity (Wildman–Crippen MR) is 97.7 cm³/mol. The average molecular weight is 341 g/mol. The molecular formula is C19H27N5O. The molecule has 6 heteroatoms. The van der Waals surface area contributed by atoms with Crippen LogP contribution in [0, 0.1) is 11.8 Å². The molecule has 1 aliphatic heterocycles. The molecule has 0 unspecified atom stereocenters.